The Morgan fingerprint density at radius 1 is 1.11 bits per heavy atom. The monoisotopic (exact) mass is 319 g/mol. The molecule has 100 valence electrons. The number of nitrogens with two attached hydrogens (primary N) is 1. The lowest BCUT2D eigenvalue weighted by Gasteiger charge is -2.24. The molecule has 3 nitrogen and oxygen atoms in total. The molecule has 4 heteroatoms. The number of hydrogen-bond acceptors (Lipinski definition) is 3. The van der Waals surface area contributed by atoms with E-state index in [0.29, 0.717) is 0 Å². The Hall–Kier alpha value is -1.29. The third kappa shape index (κ3) is 2.54. The van der Waals surface area contributed by atoms with Crippen LogP contribution in [0.25, 0.3) is 10.9 Å². The summed E-state index contributed by atoms with van der Waals surface area (Å²) >= 11 is 3.47. The minimum Gasteiger partial charge on any atom is -0.398 e. The number of nitrogen functional groups attached to an aromatic ring is 1. The van der Waals surface area contributed by atoms with Gasteiger partial charge in [-0.25, -0.2) is 0 Å². The number of nitrogens with zero attached hydrogens (tertiary/aromatic N) is 2. The predicted molar refractivity (Wildman–Crippen MR) is 84.5 cm³/mol. The molecule has 1 aliphatic heterocycles. The number of fused-ring (bicyclic) bond motifs is 1. The normalized spacial score (nSPS) is 16.6. The number of aromatic nitrogens is 1. The van der Waals surface area contributed by atoms with Crippen LogP contribution in [0.15, 0.2) is 28.9 Å². The van der Waals surface area contributed by atoms with Gasteiger partial charge in [0.1, 0.15) is 0 Å². The van der Waals surface area contributed by atoms with Crippen molar-refractivity contribution >= 4 is 38.2 Å². The second-order valence-electron chi connectivity index (χ2n) is 5.12. The van der Waals surface area contributed by atoms with Crippen molar-refractivity contribution in [1.29, 1.82) is 0 Å². The third-order valence-electron chi connectivity index (χ3n) is 3.78. The van der Waals surface area contributed by atoms with E-state index in [2.05, 4.69) is 37.9 Å². The van der Waals surface area contributed by atoms with Crippen LogP contribution in [-0.4, -0.2) is 18.1 Å². The molecule has 0 unspecified atom stereocenters. The molecule has 2 heterocycles. The van der Waals surface area contributed by atoms with Gasteiger partial charge in [0, 0.05) is 34.8 Å². The van der Waals surface area contributed by atoms with Crippen molar-refractivity contribution in [2.24, 2.45) is 0 Å². The van der Waals surface area contributed by atoms with Gasteiger partial charge in [0.05, 0.1) is 11.2 Å². The molecule has 0 bridgehead atoms. The molecule has 2 N–H and O–H groups in total. The minimum absolute atomic E-state index is 0.794. The maximum atomic E-state index is 6.08. The lowest BCUT2D eigenvalue weighted by molar-refractivity contribution is 0.726. The smallest absolute Gasteiger partial charge is 0.0956 e. The SMILES string of the molecule is Nc1ccc(N2CCCCCC2)c2ncc(Br)cc12. The highest BCUT2D eigenvalue weighted by molar-refractivity contribution is 9.10. The van der Waals surface area contributed by atoms with E-state index >= 15 is 0 Å². The van der Waals surface area contributed by atoms with E-state index in [1.54, 1.807) is 0 Å². The van der Waals surface area contributed by atoms with Crippen LogP contribution >= 0.6 is 15.9 Å². The molecule has 3 rings (SSSR count). The molecular formula is C15H18BrN3. The number of rotatable bonds is 1. The van der Waals surface area contributed by atoms with Crippen molar-refractivity contribution in [2.45, 2.75) is 25.7 Å². The first kappa shape index (κ1) is 12.7. The van der Waals surface area contributed by atoms with E-state index in [1.807, 2.05) is 12.3 Å². The molecule has 0 spiro atoms. The largest absolute Gasteiger partial charge is 0.398 e. The average molecular weight is 320 g/mol. The number of hydrogen-bond donors (Lipinski definition) is 1. The van der Waals surface area contributed by atoms with Gasteiger partial charge in [0.25, 0.3) is 0 Å². The molecule has 2 aromatic rings. The first-order valence-electron chi connectivity index (χ1n) is 6.84. The van der Waals surface area contributed by atoms with Crippen LogP contribution in [0.4, 0.5) is 11.4 Å². The molecule has 1 saturated heterocycles. The van der Waals surface area contributed by atoms with E-state index in [1.165, 1.54) is 31.4 Å². The number of benzene rings is 1. The Morgan fingerprint density at radius 3 is 2.58 bits per heavy atom. The van der Waals surface area contributed by atoms with E-state index in [0.717, 1.165) is 34.2 Å². The highest BCUT2D eigenvalue weighted by atomic mass is 79.9. The molecule has 1 aromatic heterocycles. The van der Waals surface area contributed by atoms with Crippen molar-refractivity contribution in [3.05, 3.63) is 28.9 Å². The summed E-state index contributed by atoms with van der Waals surface area (Å²) in [6.07, 6.45) is 7.05. The summed E-state index contributed by atoms with van der Waals surface area (Å²) in [5.41, 5.74) is 9.11. The van der Waals surface area contributed by atoms with Gasteiger partial charge in [-0.05, 0) is 47.0 Å². The van der Waals surface area contributed by atoms with E-state index in [-0.39, 0.29) is 0 Å². The Balaban J connectivity index is 2.10. The molecule has 1 aromatic carbocycles. The lowest BCUT2D eigenvalue weighted by Crippen LogP contribution is -2.24. The van der Waals surface area contributed by atoms with Gasteiger partial charge >= 0.3 is 0 Å². The van der Waals surface area contributed by atoms with Gasteiger partial charge in [0.2, 0.25) is 0 Å². The van der Waals surface area contributed by atoms with Crippen molar-refractivity contribution in [3.63, 3.8) is 0 Å². The standard InChI is InChI=1S/C15H18BrN3/c16-11-9-12-13(17)5-6-14(15(12)18-10-11)19-7-3-1-2-4-8-19/h5-6,9-10H,1-4,7-8,17H2. The van der Waals surface area contributed by atoms with Gasteiger partial charge < -0.3 is 10.6 Å². The molecule has 0 radical (unpaired) electrons. The topological polar surface area (TPSA) is 42.1 Å². The van der Waals surface area contributed by atoms with Crippen molar-refractivity contribution in [1.82, 2.24) is 4.98 Å². The maximum Gasteiger partial charge on any atom is 0.0956 e. The second-order valence-corrected chi connectivity index (χ2v) is 6.04. The fourth-order valence-corrected chi connectivity index (χ4v) is 3.10. The fourth-order valence-electron chi connectivity index (χ4n) is 2.77. The molecule has 0 atom stereocenters. The molecule has 1 fully saturated rings. The van der Waals surface area contributed by atoms with Crippen LogP contribution in [0.5, 0.6) is 0 Å². The summed E-state index contributed by atoms with van der Waals surface area (Å²) in [7, 11) is 0. The van der Waals surface area contributed by atoms with Crippen LogP contribution in [0.1, 0.15) is 25.7 Å². The zero-order valence-electron chi connectivity index (χ0n) is 10.9. The maximum absolute atomic E-state index is 6.08. The zero-order valence-corrected chi connectivity index (χ0v) is 12.5. The van der Waals surface area contributed by atoms with Crippen LogP contribution in [-0.2, 0) is 0 Å². The highest BCUT2D eigenvalue weighted by Gasteiger charge is 2.14. The average Bonchev–Trinajstić information content (AvgIpc) is 2.69. The van der Waals surface area contributed by atoms with E-state index < -0.39 is 0 Å². The van der Waals surface area contributed by atoms with Crippen LogP contribution in [0.3, 0.4) is 0 Å². The van der Waals surface area contributed by atoms with Crippen molar-refractivity contribution in [2.75, 3.05) is 23.7 Å². The van der Waals surface area contributed by atoms with Gasteiger partial charge in [-0.3, -0.25) is 4.98 Å². The Kier molecular flexibility index (Phi) is 3.60. The predicted octanol–water partition coefficient (Wildman–Crippen LogP) is 3.96. The van der Waals surface area contributed by atoms with Crippen molar-refractivity contribution in [3.8, 4) is 0 Å². The summed E-state index contributed by atoms with van der Waals surface area (Å²) in [4.78, 5) is 7.03. The number of halogens is 1. The summed E-state index contributed by atoms with van der Waals surface area (Å²) in [6, 6.07) is 6.17. The molecule has 19 heavy (non-hydrogen) atoms. The second kappa shape index (κ2) is 5.37. The molecule has 0 saturated carbocycles. The number of anilines is 2. The summed E-state index contributed by atoms with van der Waals surface area (Å²) in [5, 5.41) is 1.04. The van der Waals surface area contributed by atoms with Gasteiger partial charge in [-0.2, -0.15) is 0 Å². The zero-order chi connectivity index (χ0) is 13.2. The number of pyridine rings is 1. The first-order chi connectivity index (χ1) is 9.25. The van der Waals surface area contributed by atoms with Gasteiger partial charge in [-0.15, -0.1) is 0 Å². The third-order valence-corrected chi connectivity index (χ3v) is 4.21. The molecule has 0 amide bonds. The highest BCUT2D eigenvalue weighted by Crippen LogP contribution is 2.32. The Bertz CT molecular complexity index is 589. The summed E-state index contributed by atoms with van der Waals surface area (Å²) in [6.45, 7) is 2.24. The van der Waals surface area contributed by atoms with E-state index in [9.17, 15) is 0 Å². The lowest BCUT2D eigenvalue weighted by atomic mass is 10.1. The molecular weight excluding hydrogens is 302 g/mol. The fraction of sp³-hybridized carbons (Fsp3) is 0.400. The van der Waals surface area contributed by atoms with Crippen molar-refractivity contribution < 1.29 is 0 Å². The van der Waals surface area contributed by atoms with Crippen LogP contribution in [0, 0.1) is 0 Å². The quantitative estimate of drug-likeness (QED) is 0.809. The minimum atomic E-state index is 0.794. The summed E-state index contributed by atoms with van der Waals surface area (Å²) < 4.78 is 0.972. The molecule has 1 aliphatic rings. The summed E-state index contributed by atoms with van der Waals surface area (Å²) in [5.74, 6) is 0. The Morgan fingerprint density at radius 2 is 1.84 bits per heavy atom. The Labute approximate surface area is 121 Å². The van der Waals surface area contributed by atoms with Gasteiger partial charge in [0.15, 0.2) is 0 Å². The first-order valence-corrected chi connectivity index (χ1v) is 7.64. The molecule has 0 aliphatic carbocycles. The van der Waals surface area contributed by atoms with E-state index in [4.69, 9.17) is 5.73 Å². The van der Waals surface area contributed by atoms with Gasteiger partial charge in [-0.1, -0.05) is 12.8 Å². The van der Waals surface area contributed by atoms with Crippen LogP contribution in [0.2, 0.25) is 0 Å². The van der Waals surface area contributed by atoms with Crippen LogP contribution < -0.4 is 10.6 Å².